The summed E-state index contributed by atoms with van der Waals surface area (Å²) in [5.74, 6) is -0.835. The summed E-state index contributed by atoms with van der Waals surface area (Å²) < 4.78 is 15.9. The van der Waals surface area contributed by atoms with E-state index < -0.39 is 5.82 Å². The van der Waals surface area contributed by atoms with Gasteiger partial charge in [0.1, 0.15) is 5.82 Å². The first-order valence-electron chi connectivity index (χ1n) is 4.94. The van der Waals surface area contributed by atoms with Crippen molar-refractivity contribution in [2.24, 2.45) is 0 Å². The lowest BCUT2D eigenvalue weighted by molar-refractivity contribution is 0.103. The molecule has 5 heteroatoms. The van der Waals surface area contributed by atoms with Gasteiger partial charge in [-0.2, -0.15) is 0 Å². The average Bonchev–Trinajstić information content (AvgIpc) is 2.34. The number of hydrogen-bond acceptors (Lipinski definition) is 1. The molecule has 0 heterocycles. The molecule has 0 amide bonds. The summed E-state index contributed by atoms with van der Waals surface area (Å²) >= 11 is 8.62. The third kappa shape index (κ3) is 3.00. The van der Waals surface area contributed by atoms with Gasteiger partial charge in [-0.15, -0.1) is 0 Å². The van der Waals surface area contributed by atoms with Crippen LogP contribution in [-0.4, -0.2) is 5.78 Å². The molecule has 2 aromatic rings. The highest BCUT2D eigenvalue weighted by Crippen LogP contribution is 2.24. The van der Waals surface area contributed by atoms with Crippen molar-refractivity contribution >= 4 is 60.2 Å². The molecular weight excluding hydrogens is 478 g/mol. The van der Waals surface area contributed by atoms with E-state index in [0.29, 0.717) is 10.0 Å². The molecule has 0 aliphatic heterocycles. The zero-order valence-electron chi connectivity index (χ0n) is 8.88. The third-order valence-electron chi connectivity index (χ3n) is 2.35. The smallest absolute Gasteiger partial charge is 0.197 e. The van der Waals surface area contributed by atoms with Gasteiger partial charge < -0.3 is 0 Å². The number of carbonyl (C=O) groups is 1. The monoisotopic (exact) mass is 482 g/mol. The van der Waals surface area contributed by atoms with Gasteiger partial charge in [0, 0.05) is 18.1 Å². The van der Waals surface area contributed by atoms with E-state index in [9.17, 15) is 9.18 Å². The van der Waals surface area contributed by atoms with Crippen LogP contribution in [-0.2, 0) is 0 Å². The molecule has 0 spiro atoms. The topological polar surface area (TPSA) is 17.1 Å². The summed E-state index contributed by atoms with van der Waals surface area (Å²) in [6.45, 7) is 0. The minimum atomic E-state index is -0.515. The summed E-state index contributed by atoms with van der Waals surface area (Å²) in [7, 11) is 0. The van der Waals surface area contributed by atoms with E-state index in [0.717, 1.165) is 8.04 Å². The van der Waals surface area contributed by atoms with Crippen molar-refractivity contribution in [2.45, 2.75) is 0 Å². The van der Waals surface area contributed by atoms with Crippen LogP contribution in [0.2, 0.25) is 0 Å². The molecule has 0 aliphatic carbocycles. The van der Waals surface area contributed by atoms with Crippen LogP contribution in [0.5, 0.6) is 0 Å². The Hall–Kier alpha value is -0.270. The lowest BCUT2D eigenvalue weighted by Crippen LogP contribution is -2.06. The molecule has 1 nitrogen and oxygen atoms in total. The third-order valence-corrected chi connectivity index (χ3v) is 4.27. The van der Waals surface area contributed by atoms with E-state index >= 15 is 0 Å². The first-order valence-corrected chi connectivity index (χ1v) is 7.60. The second-order valence-electron chi connectivity index (χ2n) is 3.58. The molecule has 0 aromatic heterocycles. The zero-order valence-corrected chi connectivity index (χ0v) is 14.2. The van der Waals surface area contributed by atoms with Crippen LogP contribution in [0.15, 0.2) is 45.3 Å². The van der Waals surface area contributed by atoms with Crippen LogP contribution in [0, 0.1) is 9.39 Å². The number of rotatable bonds is 2. The number of halogens is 4. The lowest BCUT2D eigenvalue weighted by atomic mass is 10.0. The van der Waals surface area contributed by atoms with Crippen molar-refractivity contribution in [3.8, 4) is 0 Å². The molecule has 0 radical (unpaired) electrons. The maximum atomic E-state index is 13.7. The van der Waals surface area contributed by atoms with Gasteiger partial charge in [0.2, 0.25) is 0 Å². The molecule has 0 saturated carbocycles. The first-order chi connectivity index (χ1) is 8.49. The molecule has 0 saturated heterocycles. The van der Waals surface area contributed by atoms with Gasteiger partial charge in [0.05, 0.1) is 5.56 Å². The fraction of sp³-hybridized carbons (Fsp3) is 0. The van der Waals surface area contributed by atoms with Crippen molar-refractivity contribution in [1.29, 1.82) is 0 Å². The first kappa shape index (κ1) is 14.1. The molecule has 2 rings (SSSR count). The molecule has 2 aromatic carbocycles. The second-order valence-corrected chi connectivity index (χ2v) is 6.57. The van der Waals surface area contributed by atoms with Crippen molar-refractivity contribution in [1.82, 2.24) is 0 Å². The molecule has 0 N–H and O–H groups in total. The van der Waals surface area contributed by atoms with Crippen molar-refractivity contribution < 1.29 is 9.18 Å². The van der Waals surface area contributed by atoms with Crippen LogP contribution in [0.4, 0.5) is 4.39 Å². The van der Waals surface area contributed by atoms with Gasteiger partial charge in [0.15, 0.2) is 5.78 Å². The second kappa shape index (κ2) is 5.79. The molecule has 18 heavy (non-hydrogen) atoms. The van der Waals surface area contributed by atoms with Gasteiger partial charge in [-0.05, 0) is 59.0 Å². The Kier molecular flexibility index (Phi) is 4.55. The minimum Gasteiger partial charge on any atom is -0.288 e. The van der Waals surface area contributed by atoms with E-state index in [2.05, 4.69) is 54.5 Å². The van der Waals surface area contributed by atoms with Crippen LogP contribution < -0.4 is 0 Å². The SMILES string of the molecule is O=C(c1cc(Br)ccc1F)c1cc(Br)ccc1I. The Morgan fingerprint density at radius 2 is 1.56 bits per heavy atom. The summed E-state index contributed by atoms with van der Waals surface area (Å²) in [5.41, 5.74) is 0.558. The highest BCUT2D eigenvalue weighted by Gasteiger charge is 2.17. The number of carbonyl (C=O) groups excluding carboxylic acids is 1. The van der Waals surface area contributed by atoms with Gasteiger partial charge >= 0.3 is 0 Å². The highest BCUT2D eigenvalue weighted by molar-refractivity contribution is 14.1. The molecular formula is C13H6Br2FIO. The maximum Gasteiger partial charge on any atom is 0.197 e. The van der Waals surface area contributed by atoms with E-state index in [1.54, 1.807) is 12.1 Å². The Morgan fingerprint density at radius 1 is 1.00 bits per heavy atom. The Morgan fingerprint density at radius 3 is 2.22 bits per heavy atom. The Balaban J connectivity index is 2.54. The van der Waals surface area contributed by atoms with Gasteiger partial charge in [-0.3, -0.25) is 4.79 Å². The number of benzene rings is 2. The van der Waals surface area contributed by atoms with Crippen molar-refractivity contribution in [3.05, 3.63) is 65.9 Å². The fourth-order valence-corrected chi connectivity index (χ4v) is 2.79. The fourth-order valence-electron chi connectivity index (χ4n) is 1.49. The number of ketones is 1. The average molecular weight is 484 g/mol. The van der Waals surface area contributed by atoms with Gasteiger partial charge in [-0.25, -0.2) is 4.39 Å². The molecule has 0 atom stereocenters. The van der Waals surface area contributed by atoms with E-state index in [-0.39, 0.29) is 11.3 Å². The van der Waals surface area contributed by atoms with E-state index in [1.807, 2.05) is 12.1 Å². The number of hydrogen-bond donors (Lipinski definition) is 0. The summed E-state index contributed by atoms with van der Waals surface area (Å²) in [6, 6.07) is 9.70. The van der Waals surface area contributed by atoms with Crippen LogP contribution in [0.1, 0.15) is 15.9 Å². The molecule has 92 valence electrons. The summed E-state index contributed by atoms with van der Waals surface area (Å²) in [4.78, 5) is 12.3. The molecule has 0 aliphatic rings. The predicted octanol–water partition coefficient (Wildman–Crippen LogP) is 5.19. The Bertz CT molecular complexity index is 575. The van der Waals surface area contributed by atoms with E-state index in [1.165, 1.54) is 12.1 Å². The zero-order chi connectivity index (χ0) is 13.3. The largest absolute Gasteiger partial charge is 0.288 e. The van der Waals surface area contributed by atoms with Gasteiger partial charge in [0.25, 0.3) is 0 Å². The quantitative estimate of drug-likeness (QED) is 0.424. The Labute approximate surface area is 134 Å². The predicted molar refractivity (Wildman–Crippen MR) is 84.4 cm³/mol. The summed E-state index contributed by atoms with van der Waals surface area (Å²) in [5, 5.41) is 0. The molecule has 0 bridgehead atoms. The molecule has 0 unspecified atom stereocenters. The standard InChI is InChI=1S/C13H6Br2FIO/c14-7-1-3-11(16)9(5-7)13(18)10-6-8(15)2-4-12(10)17/h1-6H. The van der Waals surface area contributed by atoms with Crippen LogP contribution in [0.25, 0.3) is 0 Å². The highest BCUT2D eigenvalue weighted by atomic mass is 127. The minimum absolute atomic E-state index is 0.0698. The van der Waals surface area contributed by atoms with Crippen molar-refractivity contribution in [2.75, 3.05) is 0 Å². The van der Waals surface area contributed by atoms with E-state index in [4.69, 9.17) is 0 Å². The van der Waals surface area contributed by atoms with Crippen LogP contribution >= 0.6 is 54.5 Å². The maximum absolute atomic E-state index is 13.7. The normalized spacial score (nSPS) is 10.4. The van der Waals surface area contributed by atoms with Gasteiger partial charge in [-0.1, -0.05) is 31.9 Å². The molecule has 0 fully saturated rings. The van der Waals surface area contributed by atoms with Crippen LogP contribution in [0.3, 0.4) is 0 Å². The summed E-state index contributed by atoms with van der Waals surface area (Å²) in [6.07, 6.45) is 0. The van der Waals surface area contributed by atoms with Crippen molar-refractivity contribution in [3.63, 3.8) is 0 Å². The lowest BCUT2D eigenvalue weighted by Gasteiger charge is -2.06.